The first-order valence-electron chi connectivity index (χ1n) is 6.98. The van der Waals surface area contributed by atoms with Gasteiger partial charge in [0.25, 0.3) is 0 Å². The highest BCUT2D eigenvalue weighted by Crippen LogP contribution is 2.25. The molecule has 1 atom stereocenters. The van der Waals surface area contributed by atoms with E-state index in [2.05, 4.69) is 4.72 Å². The van der Waals surface area contributed by atoms with E-state index >= 15 is 0 Å². The van der Waals surface area contributed by atoms with Gasteiger partial charge in [-0.15, -0.1) is 0 Å². The molecule has 0 saturated carbocycles. The van der Waals surface area contributed by atoms with E-state index in [1.54, 1.807) is 0 Å². The summed E-state index contributed by atoms with van der Waals surface area (Å²) in [5.74, 6) is -1.80. The second-order valence-electron chi connectivity index (χ2n) is 5.57. The summed E-state index contributed by atoms with van der Waals surface area (Å²) in [5.41, 5.74) is 0.273. The number of sulfonamides is 1. The van der Waals surface area contributed by atoms with Crippen molar-refractivity contribution in [3.05, 3.63) is 29.3 Å². The number of nitrogens with zero attached hydrogens (tertiary/aromatic N) is 1. The average Bonchev–Trinajstić information content (AvgIpc) is 2.89. The highest BCUT2D eigenvalue weighted by atomic mass is 32.2. The largest absolute Gasteiger partial charge is 0.494 e. The molecule has 0 aromatic heterocycles. The van der Waals surface area contributed by atoms with Crippen molar-refractivity contribution >= 4 is 10.0 Å². The third kappa shape index (κ3) is 4.37. The van der Waals surface area contributed by atoms with E-state index in [1.807, 2.05) is 4.90 Å². The summed E-state index contributed by atoms with van der Waals surface area (Å²) in [6, 6.07) is 2.92. The van der Waals surface area contributed by atoms with E-state index in [4.69, 9.17) is 4.74 Å². The van der Waals surface area contributed by atoms with Crippen LogP contribution in [0.25, 0.3) is 0 Å². The number of nitrogens with one attached hydrogen (secondary N) is 1. The molecule has 1 aliphatic rings. The predicted octanol–water partition coefficient (Wildman–Crippen LogP) is 1.34. The summed E-state index contributed by atoms with van der Waals surface area (Å²) in [4.78, 5) is 1.99. The lowest BCUT2D eigenvalue weighted by atomic mass is 10.1. The van der Waals surface area contributed by atoms with Gasteiger partial charge in [0.2, 0.25) is 15.8 Å². The fourth-order valence-electron chi connectivity index (χ4n) is 2.58. The monoisotopic (exact) mass is 334 g/mol. The van der Waals surface area contributed by atoms with E-state index in [9.17, 15) is 17.2 Å². The van der Waals surface area contributed by atoms with Crippen LogP contribution in [0.15, 0.2) is 12.1 Å². The molecule has 1 saturated heterocycles. The maximum absolute atomic E-state index is 13.9. The van der Waals surface area contributed by atoms with Crippen molar-refractivity contribution in [2.24, 2.45) is 5.92 Å². The molecule has 5 nitrogen and oxygen atoms in total. The molecule has 22 heavy (non-hydrogen) atoms. The topological polar surface area (TPSA) is 58.6 Å². The summed E-state index contributed by atoms with van der Waals surface area (Å²) < 4.78 is 57.0. The second kappa shape index (κ2) is 6.89. The van der Waals surface area contributed by atoms with Crippen molar-refractivity contribution in [3.8, 4) is 5.75 Å². The number of methoxy groups -OCH3 is 1. The number of rotatable bonds is 6. The lowest BCUT2D eigenvalue weighted by Gasteiger charge is -2.17. The molecule has 1 aliphatic heterocycles. The Morgan fingerprint density at radius 1 is 1.36 bits per heavy atom. The van der Waals surface area contributed by atoms with Crippen molar-refractivity contribution < 1.29 is 21.9 Å². The number of hydrogen-bond donors (Lipinski definition) is 1. The lowest BCUT2D eigenvalue weighted by Crippen LogP contribution is -2.30. The average molecular weight is 334 g/mol. The Hall–Kier alpha value is -1.25. The zero-order valence-electron chi connectivity index (χ0n) is 12.6. The van der Waals surface area contributed by atoms with Crippen LogP contribution in [0.4, 0.5) is 8.78 Å². The van der Waals surface area contributed by atoms with Crippen molar-refractivity contribution in [1.29, 1.82) is 0 Å². The minimum atomic E-state index is -3.20. The minimum absolute atomic E-state index is 0.113. The highest BCUT2D eigenvalue weighted by molar-refractivity contribution is 7.88. The number of benzene rings is 1. The molecule has 1 heterocycles. The van der Waals surface area contributed by atoms with Gasteiger partial charge in [-0.2, -0.15) is 4.39 Å². The molecule has 124 valence electrons. The fraction of sp³-hybridized carbons (Fsp3) is 0.571. The Bertz CT molecular complexity index is 637. The molecule has 0 radical (unpaired) electrons. The normalized spacial score (nSPS) is 19.5. The van der Waals surface area contributed by atoms with Gasteiger partial charge in [0.05, 0.1) is 13.4 Å². The molecule has 0 amide bonds. The summed E-state index contributed by atoms with van der Waals surface area (Å²) in [6.45, 7) is 2.04. The Balaban J connectivity index is 1.94. The number of halogens is 2. The van der Waals surface area contributed by atoms with Gasteiger partial charge in [0, 0.05) is 25.2 Å². The third-order valence-electron chi connectivity index (χ3n) is 3.74. The first-order valence-corrected chi connectivity index (χ1v) is 8.87. The van der Waals surface area contributed by atoms with E-state index in [-0.39, 0.29) is 17.2 Å². The molecule has 8 heteroatoms. The Labute approximate surface area is 129 Å². The number of likely N-dealkylation sites (tertiary alicyclic amines) is 1. The standard InChI is InChI=1S/C14H20F2N2O3S/c1-21-12-4-3-11(13(15)14(12)16)9-18-6-5-10(8-18)7-17-22(2,19)20/h3-4,10,17H,5-9H2,1-2H3/t10-/m0/s1. The van der Waals surface area contributed by atoms with Crippen LogP contribution < -0.4 is 9.46 Å². The highest BCUT2D eigenvalue weighted by Gasteiger charge is 2.25. The second-order valence-corrected chi connectivity index (χ2v) is 7.40. The van der Waals surface area contributed by atoms with Gasteiger partial charge in [-0.3, -0.25) is 4.90 Å². The molecule has 0 spiro atoms. The van der Waals surface area contributed by atoms with Crippen molar-refractivity contribution in [3.63, 3.8) is 0 Å². The Morgan fingerprint density at radius 2 is 2.09 bits per heavy atom. The number of ether oxygens (including phenoxy) is 1. The molecule has 0 aliphatic carbocycles. The van der Waals surface area contributed by atoms with Crippen LogP contribution in [-0.2, 0) is 16.6 Å². The minimum Gasteiger partial charge on any atom is -0.494 e. The fourth-order valence-corrected chi connectivity index (χ4v) is 3.12. The third-order valence-corrected chi connectivity index (χ3v) is 4.44. The van der Waals surface area contributed by atoms with E-state index in [1.165, 1.54) is 19.2 Å². The zero-order valence-corrected chi connectivity index (χ0v) is 13.4. The molecule has 0 unspecified atom stereocenters. The molecule has 0 bridgehead atoms. The summed E-state index contributed by atoms with van der Waals surface area (Å²) >= 11 is 0. The van der Waals surface area contributed by atoms with Gasteiger partial charge in [-0.1, -0.05) is 6.07 Å². The van der Waals surface area contributed by atoms with E-state index < -0.39 is 21.7 Å². The SMILES string of the molecule is COc1ccc(CN2CC[C@@H](CNS(C)(=O)=O)C2)c(F)c1F. The van der Waals surface area contributed by atoms with Crippen LogP contribution in [0.5, 0.6) is 5.75 Å². The van der Waals surface area contributed by atoms with Crippen molar-refractivity contribution in [2.45, 2.75) is 13.0 Å². The van der Waals surface area contributed by atoms with E-state index in [0.29, 0.717) is 19.6 Å². The zero-order chi connectivity index (χ0) is 16.3. The van der Waals surface area contributed by atoms with Crippen LogP contribution in [0.1, 0.15) is 12.0 Å². The van der Waals surface area contributed by atoms with E-state index in [0.717, 1.165) is 19.2 Å². The maximum atomic E-state index is 13.9. The van der Waals surface area contributed by atoms with Crippen molar-refractivity contribution in [2.75, 3.05) is 33.0 Å². The molecule has 2 rings (SSSR count). The van der Waals surface area contributed by atoms with Gasteiger partial charge in [-0.05, 0) is 24.9 Å². The van der Waals surface area contributed by atoms with Gasteiger partial charge in [0.15, 0.2) is 11.6 Å². The van der Waals surface area contributed by atoms with Gasteiger partial charge < -0.3 is 4.74 Å². The van der Waals surface area contributed by atoms with Crippen LogP contribution in [0.2, 0.25) is 0 Å². The Morgan fingerprint density at radius 3 is 2.73 bits per heavy atom. The smallest absolute Gasteiger partial charge is 0.208 e. The first-order chi connectivity index (χ1) is 10.3. The Kier molecular flexibility index (Phi) is 5.36. The molecule has 1 aromatic rings. The van der Waals surface area contributed by atoms with Gasteiger partial charge in [-0.25, -0.2) is 17.5 Å². The van der Waals surface area contributed by atoms with Crippen molar-refractivity contribution in [1.82, 2.24) is 9.62 Å². The maximum Gasteiger partial charge on any atom is 0.208 e. The molecule has 1 fully saturated rings. The first kappa shape index (κ1) is 17.1. The molecule has 1 N–H and O–H groups in total. The van der Waals surface area contributed by atoms with Crippen LogP contribution in [-0.4, -0.2) is 46.3 Å². The predicted molar refractivity (Wildman–Crippen MR) is 79.1 cm³/mol. The van der Waals surface area contributed by atoms with Crippen LogP contribution >= 0.6 is 0 Å². The molecular formula is C14H20F2N2O3S. The summed E-state index contributed by atoms with van der Waals surface area (Å²) in [5, 5.41) is 0. The van der Waals surface area contributed by atoms with Gasteiger partial charge in [0.1, 0.15) is 0 Å². The quantitative estimate of drug-likeness (QED) is 0.853. The van der Waals surface area contributed by atoms with Crippen LogP contribution in [0.3, 0.4) is 0 Å². The lowest BCUT2D eigenvalue weighted by molar-refractivity contribution is 0.306. The van der Waals surface area contributed by atoms with Gasteiger partial charge >= 0.3 is 0 Å². The van der Waals surface area contributed by atoms with Crippen LogP contribution in [0, 0.1) is 17.6 Å². The molecular weight excluding hydrogens is 314 g/mol. The molecule has 1 aromatic carbocycles. The number of hydrogen-bond acceptors (Lipinski definition) is 4. The summed E-state index contributed by atoms with van der Waals surface area (Å²) in [6.07, 6.45) is 1.94. The summed E-state index contributed by atoms with van der Waals surface area (Å²) in [7, 11) is -1.91.